The van der Waals surface area contributed by atoms with Crippen LogP contribution < -0.4 is 5.32 Å². The molecule has 0 radical (unpaired) electrons. The van der Waals surface area contributed by atoms with E-state index in [4.69, 9.17) is 5.11 Å². The number of hydrogen-bond acceptors (Lipinski definition) is 2. The molecule has 3 nitrogen and oxygen atoms in total. The van der Waals surface area contributed by atoms with Gasteiger partial charge in [0.15, 0.2) is 0 Å². The first-order valence-corrected chi connectivity index (χ1v) is 6.26. The number of nitrogens with one attached hydrogen (secondary N) is 1. The first kappa shape index (κ1) is 16.5. The Bertz CT molecular complexity index is 484. The summed E-state index contributed by atoms with van der Waals surface area (Å²) in [5.74, 6) is -1.08. The van der Waals surface area contributed by atoms with Gasteiger partial charge in [-0.3, -0.25) is 4.79 Å². The third-order valence-corrected chi connectivity index (χ3v) is 3.12. The van der Waals surface area contributed by atoms with Crippen LogP contribution in [0, 0.1) is 12.8 Å². The SMILES string of the molecule is Cc1cc(C(F)(F)F)ccc1CN[C@@H](C(=O)O)C(C)C. The van der Waals surface area contributed by atoms with E-state index in [0.717, 1.165) is 12.1 Å². The zero-order valence-electron chi connectivity index (χ0n) is 11.6. The molecule has 0 spiro atoms. The molecule has 6 heteroatoms. The van der Waals surface area contributed by atoms with Crippen LogP contribution in [0.2, 0.25) is 0 Å². The summed E-state index contributed by atoms with van der Waals surface area (Å²) in [7, 11) is 0. The maximum atomic E-state index is 12.5. The predicted octanol–water partition coefficient (Wildman–Crippen LogP) is 3.21. The van der Waals surface area contributed by atoms with Gasteiger partial charge in [0, 0.05) is 6.54 Å². The molecule has 0 heterocycles. The fourth-order valence-electron chi connectivity index (χ4n) is 1.90. The van der Waals surface area contributed by atoms with Gasteiger partial charge in [0.1, 0.15) is 6.04 Å². The summed E-state index contributed by atoms with van der Waals surface area (Å²) in [5.41, 5.74) is 0.447. The van der Waals surface area contributed by atoms with E-state index in [1.54, 1.807) is 20.8 Å². The van der Waals surface area contributed by atoms with Crippen molar-refractivity contribution >= 4 is 5.97 Å². The maximum Gasteiger partial charge on any atom is 0.416 e. The highest BCUT2D eigenvalue weighted by molar-refractivity contribution is 5.73. The van der Waals surface area contributed by atoms with Crippen molar-refractivity contribution in [3.05, 3.63) is 34.9 Å². The van der Waals surface area contributed by atoms with Gasteiger partial charge in [-0.1, -0.05) is 19.9 Å². The molecule has 0 saturated heterocycles. The zero-order chi connectivity index (χ0) is 15.5. The van der Waals surface area contributed by atoms with E-state index >= 15 is 0 Å². The van der Waals surface area contributed by atoms with Gasteiger partial charge < -0.3 is 10.4 Å². The lowest BCUT2D eigenvalue weighted by Crippen LogP contribution is -2.40. The number of alkyl halides is 3. The minimum absolute atomic E-state index is 0.109. The number of rotatable bonds is 5. The number of carboxylic acids is 1. The summed E-state index contributed by atoms with van der Waals surface area (Å²) >= 11 is 0. The van der Waals surface area contributed by atoms with Crippen molar-refractivity contribution in [1.29, 1.82) is 0 Å². The molecule has 0 aliphatic carbocycles. The number of aryl methyl sites for hydroxylation is 1. The van der Waals surface area contributed by atoms with Crippen molar-refractivity contribution in [1.82, 2.24) is 5.32 Å². The summed E-state index contributed by atoms with van der Waals surface area (Å²) in [4.78, 5) is 11.0. The second kappa shape index (κ2) is 6.26. The summed E-state index contributed by atoms with van der Waals surface area (Å²) in [6.45, 7) is 5.34. The minimum Gasteiger partial charge on any atom is -0.480 e. The number of aliphatic carboxylic acids is 1. The first-order chi connectivity index (χ1) is 9.12. The Kier molecular flexibility index (Phi) is 5.16. The molecule has 1 rings (SSSR count). The van der Waals surface area contributed by atoms with Crippen molar-refractivity contribution in [2.24, 2.45) is 5.92 Å². The Morgan fingerprint density at radius 3 is 2.35 bits per heavy atom. The Morgan fingerprint density at radius 2 is 1.95 bits per heavy atom. The van der Waals surface area contributed by atoms with Gasteiger partial charge in [0.25, 0.3) is 0 Å². The van der Waals surface area contributed by atoms with E-state index in [9.17, 15) is 18.0 Å². The molecule has 0 unspecified atom stereocenters. The highest BCUT2D eigenvalue weighted by Gasteiger charge is 2.30. The predicted molar refractivity (Wildman–Crippen MR) is 69.3 cm³/mol. The van der Waals surface area contributed by atoms with Crippen LogP contribution in [0.4, 0.5) is 13.2 Å². The topological polar surface area (TPSA) is 49.3 Å². The van der Waals surface area contributed by atoms with Gasteiger partial charge in [-0.2, -0.15) is 13.2 Å². The lowest BCUT2D eigenvalue weighted by molar-refractivity contribution is -0.140. The fourth-order valence-corrected chi connectivity index (χ4v) is 1.90. The Labute approximate surface area is 115 Å². The molecule has 0 saturated carbocycles. The van der Waals surface area contributed by atoms with Gasteiger partial charge in [-0.05, 0) is 36.1 Å². The van der Waals surface area contributed by atoms with E-state index in [1.165, 1.54) is 6.07 Å². The van der Waals surface area contributed by atoms with E-state index in [1.807, 2.05) is 0 Å². The Morgan fingerprint density at radius 1 is 1.35 bits per heavy atom. The number of halogens is 3. The molecule has 1 aromatic carbocycles. The molecule has 0 bridgehead atoms. The first-order valence-electron chi connectivity index (χ1n) is 6.26. The molecule has 1 aromatic rings. The third kappa shape index (κ3) is 4.23. The van der Waals surface area contributed by atoms with Crippen molar-refractivity contribution in [3.63, 3.8) is 0 Å². The lowest BCUT2D eigenvalue weighted by atomic mass is 10.0. The molecule has 0 aliphatic rings. The largest absolute Gasteiger partial charge is 0.480 e. The molecular weight excluding hydrogens is 271 g/mol. The van der Waals surface area contributed by atoms with Gasteiger partial charge in [0.05, 0.1) is 5.56 Å². The van der Waals surface area contributed by atoms with Crippen LogP contribution in [0.1, 0.15) is 30.5 Å². The molecule has 112 valence electrons. The molecule has 1 atom stereocenters. The highest BCUT2D eigenvalue weighted by Crippen LogP contribution is 2.30. The Hall–Kier alpha value is -1.56. The van der Waals surface area contributed by atoms with Crippen molar-refractivity contribution in [2.75, 3.05) is 0 Å². The summed E-state index contributed by atoms with van der Waals surface area (Å²) in [6, 6.07) is 2.73. The minimum atomic E-state index is -4.36. The van der Waals surface area contributed by atoms with E-state index < -0.39 is 23.8 Å². The molecule has 20 heavy (non-hydrogen) atoms. The average molecular weight is 289 g/mol. The summed E-state index contributed by atoms with van der Waals surface area (Å²) in [6.07, 6.45) is -4.36. The summed E-state index contributed by atoms with van der Waals surface area (Å²) < 4.78 is 37.6. The van der Waals surface area contributed by atoms with Gasteiger partial charge in [-0.15, -0.1) is 0 Å². The normalized spacial score (nSPS) is 13.6. The van der Waals surface area contributed by atoms with E-state index in [2.05, 4.69) is 5.32 Å². The number of benzene rings is 1. The Balaban J connectivity index is 2.82. The second-order valence-electron chi connectivity index (χ2n) is 5.08. The second-order valence-corrected chi connectivity index (χ2v) is 5.08. The van der Waals surface area contributed by atoms with Crippen molar-refractivity contribution < 1.29 is 23.1 Å². The standard InChI is InChI=1S/C14H18F3NO2/c1-8(2)12(13(19)20)18-7-10-4-5-11(6-9(10)3)14(15,16)17/h4-6,8,12,18H,7H2,1-3H3,(H,19,20)/t12-/m1/s1. The molecule has 2 N–H and O–H groups in total. The zero-order valence-corrected chi connectivity index (χ0v) is 11.6. The van der Waals surface area contributed by atoms with E-state index in [-0.39, 0.29) is 12.5 Å². The van der Waals surface area contributed by atoms with Gasteiger partial charge >= 0.3 is 12.1 Å². The molecular formula is C14H18F3NO2. The molecule has 0 amide bonds. The number of carbonyl (C=O) groups is 1. The summed E-state index contributed by atoms with van der Waals surface area (Å²) in [5, 5.41) is 11.9. The monoisotopic (exact) mass is 289 g/mol. The van der Waals surface area contributed by atoms with Crippen LogP contribution >= 0.6 is 0 Å². The van der Waals surface area contributed by atoms with Gasteiger partial charge in [-0.25, -0.2) is 0 Å². The lowest BCUT2D eigenvalue weighted by Gasteiger charge is -2.19. The van der Waals surface area contributed by atoms with Crippen LogP contribution in [0.3, 0.4) is 0 Å². The quantitative estimate of drug-likeness (QED) is 0.875. The van der Waals surface area contributed by atoms with Crippen molar-refractivity contribution in [3.8, 4) is 0 Å². The van der Waals surface area contributed by atoms with Gasteiger partial charge in [0.2, 0.25) is 0 Å². The third-order valence-electron chi connectivity index (χ3n) is 3.12. The smallest absolute Gasteiger partial charge is 0.416 e. The maximum absolute atomic E-state index is 12.5. The fraction of sp³-hybridized carbons (Fsp3) is 0.500. The molecule has 0 aromatic heterocycles. The highest BCUT2D eigenvalue weighted by atomic mass is 19.4. The van der Waals surface area contributed by atoms with Crippen LogP contribution in [-0.2, 0) is 17.5 Å². The van der Waals surface area contributed by atoms with Crippen molar-refractivity contribution in [2.45, 2.75) is 39.5 Å². The molecule has 0 fully saturated rings. The molecule has 0 aliphatic heterocycles. The van der Waals surface area contributed by atoms with Crippen LogP contribution in [0.15, 0.2) is 18.2 Å². The number of hydrogen-bond donors (Lipinski definition) is 2. The van der Waals surface area contributed by atoms with Crippen LogP contribution in [0.5, 0.6) is 0 Å². The number of carboxylic acid groups (broad SMARTS) is 1. The van der Waals surface area contributed by atoms with Crippen LogP contribution in [-0.4, -0.2) is 17.1 Å². The average Bonchev–Trinajstić information content (AvgIpc) is 2.28. The van der Waals surface area contributed by atoms with Crippen LogP contribution in [0.25, 0.3) is 0 Å². The van der Waals surface area contributed by atoms with E-state index in [0.29, 0.717) is 11.1 Å².